The van der Waals surface area contributed by atoms with Crippen molar-refractivity contribution in [3.63, 3.8) is 0 Å². The minimum Gasteiger partial charge on any atom is -0.356 e. The van der Waals surface area contributed by atoms with Crippen molar-refractivity contribution in [3.05, 3.63) is 22.8 Å². The van der Waals surface area contributed by atoms with Gasteiger partial charge < -0.3 is 4.90 Å². The Kier molecular flexibility index (Phi) is 4.03. The molecule has 0 amide bonds. The standard InChI is InChI=1S/C11H14Br2N2/c12-6-9-2-1-5-15(8-9)11-4-3-10(13)7-14-11/h3-4,7,9H,1-2,5-6,8H2. The SMILES string of the molecule is BrCC1CCCN(c2ccc(Br)cn2)C1. The number of alkyl halides is 1. The molecular formula is C11H14Br2N2. The van der Waals surface area contributed by atoms with Gasteiger partial charge in [-0.25, -0.2) is 4.98 Å². The Morgan fingerprint density at radius 2 is 2.33 bits per heavy atom. The van der Waals surface area contributed by atoms with Crippen molar-refractivity contribution in [3.8, 4) is 0 Å². The summed E-state index contributed by atoms with van der Waals surface area (Å²) in [5.41, 5.74) is 0. The number of halogens is 2. The third-order valence-electron chi connectivity index (χ3n) is 2.77. The molecule has 1 aromatic rings. The molecule has 1 aliphatic heterocycles. The van der Waals surface area contributed by atoms with Gasteiger partial charge in [0.25, 0.3) is 0 Å². The summed E-state index contributed by atoms with van der Waals surface area (Å²) in [5, 5.41) is 1.10. The fourth-order valence-corrected chi connectivity index (χ4v) is 2.72. The van der Waals surface area contributed by atoms with Gasteiger partial charge in [0.05, 0.1) is 0 Å². The van der Waals surface area contributed by atoms with Gasteiger partial charge in [0.1, 0.15) is 5.82 Å². The van der Waals surface area contributed by atoms with Crippen LogP contribution in [0.5, 0.6) is 0 Å². The monoisotopic (exact) mass is 332 g/mol. The van der Waals surface area contributed by atoms with E-state index in [0.717, 1.165) is 34.6 Å². The highest BCUT2D eigenvalue weighted by atomic mass is 79.9. The number of hydrogen-bond acceptors (Lipinski definition) is 2. The van der Waals surface area contributed by atoms with Gasteiger partial charge in [0.15, 0.2) is 0 Å². The average molecular weight is 334 g/mol. The first-order chi connectivity index (χ1) is 7.29. The smallest absolute Gasteiger partial charge is 0.128 e. The second-order valence-electron chi connectivity index (χ2n) is 3.94. The van der Waals surface area contributed by atoms with Gasteiger partial charge in [0, 0.05) is 29.1 Å². The Morgan fingerprint density at radius 3 is 3.00 bits per heavy atom. The Bertz CT molecular complexity index is 313. The van der Waals surface area contributed by atoms with Gasteiger partial charge in [-0.15, -0.1) is 0 Å². The third-order valence-corrected chi connectivity index (χ3v) is 4.16. The number of pyridine rings is 1. The van der Waals surface area contributed by atoms with E-state index in [9.17, 15) is 0 Å². The van der Waals surface area contributed by atoms with E-state index in [1.54, 1.807) is 0 Å². The van der Waals surface area contributed by atoms with Crippen LogP contribution in [0.3, 0.4) is 0 Å². The highest BCUT2D eigenvalue weighted by Crippen LogP contribution is 2.23. The zero-order valence-corrected chi connectivity index (χ0v) is 11.7. The average Bonchev–Trinajstić information content (AvgIpc) is 2.30. The molecule has 2 nitrogen and oxygen atoms in total. The number of anilines is 1. The number of piperidine rings is 1. The summed E-state index contributed by atoms with van der Waals surface area (Å²) in [7, 11) is 0. The van der Waals surface area contributed by atoms with Gasteiger partial charge in [0.2, 0.25) is 0 Å². The second kappa shape index (κ2) is 5.30. The first-order valence-electron chi connectivity index (χ1n) is 5.22. The lowest BCUT2D eigenvalue weighted by Crippen LogP contribution is -2.36. The molecule has 0 bridgehead atoms. The van der Waals surface area contributed by atoms with Crippen molar-refractivity contribution in [1.82, 2.24) is 4.98 Å². The van der Waals surface area contributed by atoms with Crippen molar-refractivity contribution < 1.29 is 0 Å². The van der Waals surface area contributed by atoms with Gasteiger partial charge >= 0.3 is 0 Å². The van der Waals surface area contributed by atoms with Crippen molar-refractivity contribution in [2.24, 2.45) is 5.92 Å². The lowest BCUT2D eigenvalue weighted by Gasteiger charge is -2.32. The topological polar surface area (TPSA) is 16.1 Å². The zero-order valence-electron chi connectivity index (χ0n) is 8.50. The van der Waals surface area contributed by atoms with Crippen LogP contribution in [0.4, 0.5) is 5.82 Å². The summed E-state index contributed by atoms with van der Waals surface area (Å²) in [6, 6.07) is 4.14. The molecule has 2 heterocycles. The van der Waals surface area contributed by atoms with Crippen molar-refractivity contribution in [2.75, 3.05) is 23.3 Å². The molecule has 0 aromatic carbocycles. The third kappa shape index (κ3) is 2.94. The molecule has 0 saturated carbocycles. The maximum atomic E-state index is 4.43. The van der Waals surface area contributed by atoms with E-state index in [-0.39, 0.29) is 0 Å². The Labute approximate surface area is 107 Å². The van der Waals surface area contributed by atoms with Gasteiger partial charge in [-0.1, -0.05) is 15.9 Å². The van der Waals surface area contributed by atoms with Crippen LogP contribution in [0.1, 0.15) is 12.8 Å². The highest BCUT2D eigenvalue weighted by molar-refractivity contribution is 9.10. The molecule has 1 saturated heterocycles. The first kappa shape index (κ1) is 11.4. The van der Waals surface area contributed by atoms with E-state index in [1.165, 1.54) is 12.8 Å². The van der Waals surface area contributed by atoms with Crippen LogP contribution >= 0.6 is 31.9 Å². The highest BCUT2D eigenvalue weighted by Gasteiger charge is 2.19. The zero-order chi connectivity index (χ0) is 10.7. The maximum Gasteiger partial charge on any atom is 0.128 e. The molecule has 0 aliphatic carbocycles. The molecule has 1 aromatic heterocycles. The van der Waals surface area contributed by atoms with E-state index in [4.69, 9.17) is 0 Å². The molecule has 0 N–H and O–H groups in total. The number of rotatable bonds is 2. The molecule has 1 unspecified atom stereocenters. The van der Waals surface area contributed by atoms with Crippen LogP contribution in [0.25, 0.3) is 0 Å². The predicted octanol–water partition coefficient (Wildman–Crippen LogP) is 3.46. The summed E-state index contributed by atoms with van der Waals surface area (Å²) >= 11 is 6.97. The predicted molar refractivity (Wildman–Crippen MR) is 70.7 cm³/mol. The lowest BCUT2D eigenvalue weighted by molar-refractivity contribution is 0.453. The van der Waals surface area contributed by atoms with Gasteiger partial charge in [-0.2, -0.15) is 0 Å². The van der Waals surface area contributed by atoms with Crippen LogP contribution in [0, 0.1) is 5.92 Å². The molecule has 2 rings (SSSR count). The Morgan fingerprint density at radius 1 is 1.47 bits per heavy atom. The van der Waals surface area contributed by atoms with E-state index in [2.05, 4.69) is 53.9 Å². The summed E-state index contributed by atoms with van der Waals surface area (Å²) < 4.78 is 1.04. The van der Waals surface area contributed by atoms with Crippen LogP contribution in [0.2, 0.25) is 0 Å². The lowest BCUT2D eigenvalue weighted by atomic mass is 10.0. The van der Waals surface area contributed by atoms with Crippen LogP contribution in [-0.2, 0) is 0 Å². The summed E-state index contributed by atoms with van der Waals surface area (Å²) in [5.74, 6) is 1.87. The van der Waals surface area contributed by atoms with Gasteiger partial charge in [-0.3, -0.25) is 0 Å². The molecule has 1 atom stereocenters. The molecule has 82 valence electrons. The van der Waals surface area contributed by atoms with Crippen LogP contribution < -0.4 is 4.90 Å². The summed E-state index contributed by atoms with van der Waals surface area (Å²) in [4.78, 5) is 6.81. The van der Waals surface area contributed by atoms with E-state index < -0.39 is 0 Å². The first-order valence-corrected chi connectivity index (χ1v) is 7.13. The van der Waals surface area contributed by atoms with E-state index in [1.807, 2.05) is 6.20 Å². The van der Waals surface area contributed by atoms with Crippen molar-refractivity contribution >= 4 is 37.7 Å². The van der Waals surface area contributed by atoms with Crippen LogP contribution in [-0.4, -0.2) is 23.4 Å². The number of nitrogens with zero attached hydrogens (tertiary/aromatic N) is 2. The number of aromatic nitrogens is 1. The largest absolute Gasteiger partial charge is 0.356 e. The van der Waals surface area contributed by atoms with Crippen molar-refractivity contribution in [2.45, 2.75) is 12.8 Å². The molecular weight excluding hydrogens is 320 g/mol. The maximum absolute atomic E-state index is 4.43. The summed E-state index contributed by atoms with van der Waals surface area (Å²) in [6.07, 6.45) is 4.47. The van der Waals surface area contributed by atoms with Gasteiger partial charge in [-0.05, 0) is 46.8 Å². The quantitative estimate of drug-likeness (QED) is 0.770. The van der Waals surface area contributed by atoms with E-state index in [0.29, 0.717) is 0 Å². The molecule has 15 heavy (non-hydrogen) atoms. The number of hydrogen-bond donors (Lipinski definition) is 0. The van der Waals surface area contributed by atoms with E-state index >= 15 is 0 Å². The molecule has 0 radical (unpaired) electrons. The molecule has 1 aliphatic rings. The molecule has 4 heteroatoms. The fourth-order valence-electron chi connectivity index (χ4n) is 1.95. The minimum absolute atomic E-state index is 0.768. The fraction of sp³-hybridized carbons (Fsp3) is 0.545. The van der Waals surface area contributed by atoms with Crippen molar-refractivity contribution in [1.29, 1.82) is 0 Å². The second-order valence-corrected chi connectivity index (χ2v) is 5.51. The Balaban J connectivity index is 2.06. The minimum atomic E-state index is 0.768. The normalized spacial score (nSPS) is 21.7. The Hall–Kier alpha value is -0.0900. The molecule has 1 fully saturated rings. The summed E-state index contributed by atoms with van der Waals surface area (Å²) in [6.45, 7) is 2.26. The molecule has 0 spiro atoms. The van der Waals surface area contributed by atoms with Crippen LogP contribution in [0.15, 0.2) is 22.8 Å².